The summed E-state index contributed by atoms with van der Waals surface area (Å²) in [6.45, 7) is -0.315. The van der Waals surface area contributed by atoms with Crippen molar-refractivity contribution in [3.05, 3.63) is 0 Å². The summed E-state index contributed by atoms with van der Waals surface area (Å²) in [4.78, 5) is 34.7. The van der Waals surface area contributed by atoms with Gasteiger partial charge in [-0.25, -0.2) is 18.4 Å². The SMILES string of the molecule is COC(=O)[C@@H](CC(=O)O)N1CC(S(N)(=O)=O)CC1=O. The number of rotatable bonds is 5. The maximum absolute atomic E-state index is 11.7. The first-order valence-electron chi connectivity index (χ1n) is 5.27. The first-order chi connectivity index (χ1) is 8.66. The van der Waals surface area contributed by atoms with E-state index < -0.39 is 45.6 Å². The lowest BCUT2D eigenvalue weighted by atomic mass is 10.2. The third-order valence-corrected chi connectivity index (χ3v) is 4.05. The van der Waals surface area contributed by atoms with Gasteiger partial charge in [0.1, 0.15) is 11.3 Å². The van der Waals surface area contributed by atoms with Gasteiger partial charge in [-0.2, -0.15) is 0 Å². The molecule has 9 nitrogen and oxygen atoms in total. The Kier molecular flexibility index (Phi) is 4.48. The van der Waals surface area contributed by atoms with Crippen molar-refractivity contribution in [3.63, 3.8) is 0 Å². The van der Waals surface area contributed by atoms with Crippen molar-refractivity contribution in [3.8, 4) is 0 Å². The van der Waals surface area contributed by atoms with Crippen LogP contribution in [-0.4, -0.2) is 61.2 Å². The summed E-state index contributed by atoms with van der Waals surface area (Å²) in [5, 5.41) is 12.5. The molecule has 3 N–H and O–H groups in total. The Morgan fingerprint density at radius 1 is 1.58 bits per heavy atom. The van der Waals surface area contributed by atoms with Crippen molar-refractivity contribution in [1.29, 1.82) is 0 Å². The summed E-state index contributed by atoms with van der Waals surface area (Å²) in [5.41, 5.74) is 0. The van der Waals surface area contributed by atoms with Gasteiger partial charge >= 0.3 is 11.9 Å². The van der Waals surface area contributed by atoms with Crippen molar-refractivity contribution in [1.82, 2.24) is 4.90 Å². The minimum atomic E-state index is -3.92. The van der Waals surface area contributed by atoms with Crippen LogP contribution in [-0.2, 0) is 29.1 Å². The Morgan fingerprint density at radius 2 is 2.16 bits per heavy atom. The van der Waals surface area contributed by atoms with E-state index in [0.29, 0.717) is 0 Å². The second kappa shape index (κ2) is 5.53. The molecular formula is C9H14N2O7S. The number of esters is 1. The molecule has 0 spiro atoms. The second-order valence-electron chi connectivity index (χ2n) is 4.10. The molecule has 0 radical (unpaired) electrons. The van der Waals surface area contributed by atoms with Gasteiger partial charge in [0, 0.05) is 13.0 Å². The number of carboxylic acid groups (broad SMARTS) is 1. The summed E-state index contributed by atoms with van der Waals surface area (Å²) in [7, 11) is -2.87. The van der Waals surface area contributed by atoms with E-state index in [9.17, 15) is 22.8 Å². The minimum Gasteiger partial charge on any atom is -0.481 e. The Labute approximate surface area is 109 Å². The van der Waals surface area contributed by atoms with Crippen LogP contribution in [0.25, 0.3) is 0 Å². The number of sulfonamides is 1. The fourth-order valence-electron chi connectivity index (χ4n) is 1.84. The molecule has 108 valence electrons. The topological polar surface area (TPSA) is 144 Å². The van der Waals surface area contributed by atoms with Crippen LogP contribution in [0.2, 0.25) is 0 Å². The molecular weight excluding hydrogens is 280 g/mol. The number of ether oxygens (including phenoxy) is 1. The Balaban J connectivity index is 2.95. The molecule has 0 aromatic heterocycles. The molecule has 19 heavy (non-hydrogen) atoms. The van der Waals surface area contributed by atoms with Crippen LogP contribution in [0, 0.1) is 0 Å². The molecule has 1 rings (SSSR count). The fraction of sp³-hybridized carbons (Fsp3) is 0.667. The zero-order chi connectivity index (χ0) is 14.8. The molecule has 0 aromatic carbocycles. The number of nitrogens with zero attached hydrogens (tertiary/aromatic N) is 1. The van der Waals surface area contributed by atoms with Crippen LogP contribution < -0.4 is 5.14 Å². The number of likely N-dealkylation sites (tertiary alicyclic amines) is 1. The number of hydrogen-bond donors (Lipinski definition) is 2. The first-order valence-corrected chi connectivity index (χ1v) is 6.88. The molecule has 1 fully saturated rings. The van der Waals surface area contributed by atoms with E-state index in [2.05, 4.69) is 4.74 Å². The zero-order valence-electron chi connectivity index (χ0n) is 10.1. The predicted octanol–water partition coefficient (Wildman–Crippen LogP) is -2.11. The highest BCUT2D eigenvalue weighted by Gasteiger charge is 2.43. The number of carboxylic acids is 1. The van der Waals surface area contributed by atoms with E-state index in [1.807, 2.05) is 0 Å². The number of carbonyl (C=O) groups is 3. The van der Waals surface area contributed by atoms with Crippen LogP contribution in [0.15, 0.2) is 0 Å². The third kappa shape index (κ3) is 3.64. The maximum Gasteiger partial charge on any atom is 0.329 e. The normalized spacial score (nSPS) is 21.3. The molecule has 0 saturated carbocycles. The number of amides is 1. The highest BCUT2D eigenvalue weighted by molar-refractivity contribution is 7.89. The number of nitrogens with two attached hydrogens (primary N) is 1. The maximum atomic E-state index is 11.7. The van der Waals surface area contributed by atoms with Crippen molar-refractivity contribution in [2.75, 3.05) is 13.7 Å². The standard InChI is InChI=1S/C9H14N2O7S/c1-18-9(15)6(3-8(13)14)11-4-5(2-7(11)12)19(10,16)17/h5-6H,2-4H2,1H3,(H,13,14)(H2,10,16,17)/t5?,6-/m1/s1. The van der Waals surface area contributed by atoms with E-state index in [4.69, 9.17) is 10.2 Å². The third-order valence-electron chi connectivity index (χ3n) is 2.81. The van der Waals surface area contributed by atoms with E-state index in [-0.39, 0.29) is 13.0 Å². The van der Waals surface area contributed by atoms with Crippen molar-refractivity contribution in [2.45, 2.75) is 24.1 Å². The van der Waals surface area contributed by atoms with Crippen LogP contribution in [0.4, 0.5) is 0 Å². The quantitative estimate of drug-likeness (QED) is 0.552. The monoisotopic (exact) mass is 294 g/mol. The van der Waals surface area contributed by atoms with Crippen LogP contribution >= 0.6 is 0 Å². The van der Waals surface area contributed by atoms with E-state index in [1.54, 1.807) is 0 Å². The highest BCUT2D eigenvalue weighted by atomic mass is 32.2. The van der Waals surface area contributed by atoms with Crippen LogP contribution in [0.3, 0.4) is 0 Å². The molecule has 0 bridgehead atoms. The van der Waals surface area contributed by atoms with E-state index >= 15 is 0 Å². The van der Waals surface area contributed by atoms with E-state index in [0.717, 1.165) is 12.0 Å². The summed E-state index contributed by atoms with van der Waals surface area (Å²) < 4.78 is 26.8. The van der Waals surface area contributed by atoms with Gasteiger partial charge in [0.15, 0.2) is 0 Å². The van der Waals surface area contributed by atoms with Crippen molar-refractivity contribution < 1.29 is 32.6 Å². The largest absolute Gasteiger partial charge is 0.481 e. The molecule has 10 heteroatoms. The molecule has 0 aliphatic carbocycles. The first kappa shape index (κ1) is 15.4. The summed E-state index contributed by atoms with van der Waals surface area (Å²) in [6.07, 6.45) is -1.03. The molecule has 0 aromatic rings. The van der Waals surface area contributed by atoms with Gasteiger partial charge in [-0.15, -0.1) is 0 Å². The molecule has 1 aliphatic heterocycles. The van der Waals surface area contributed by atoms with Gasteiger partial charge in [-0.3, -0.25) is 9.59 Å². The van der Waals surface area contributed by atoms with Crippen molar-refractivity contribution in [2.24, 2.45) is 5.14 Å². The Bertz CT molecular complexity index is 501. The highest BCUT2D eigenvalue weighted by Crippen LogP contribution is 2.21. The number of primary sulfonamides is 1. The average Bonchev–Trinajstić information content (AvgIpc) is 2.66. The predicted molar refractivity (Wildman–Crippen MR) is 61.3 cm³/mol. The van der Waals surface area contributed by atoms with Crippen LogP contribution in [0.5, 0.6) is 0 Å². The summed E-state index contributed by atoms with van der Waals surface area (Å²) >= 11 is 0. The number of carbonyl (C=O) groups excluding carboxylic acids is 2. The smallest absolute Gasteiger partial charge is 0.329 e. The van der Waals surface area contributed by atoms with Gasteiger partial charge in [0.05, 0.1) is 13.5 Å². The molecule has 2 atom stereocenters. The lowest BCUT2D eigenvalue weighted by molar-refractivity contribution is -0.155. The number of hydrogen-bond acceptors (Lipinski definition) is 6. The van der Waals surface area contributed by atoms with Gasteiger partial charge < -0.3 is 14.7 Å². The molecule has 1 aliphatic rings. The molecule has 1 saturated heterocycles. The summed E-state index contributed by atoms with van der Waals surface area (Å²) in [6, 6.07) is -1.35. The molecule has 1 heterocycles. The molecule has 1 amide bonds. The van der Waals surface area contributed by atoms with Gasteiger partial charge in [0.25, 0.3) is 0 Å². The zero-order valence-corrected chi connectivity index (χ0v) is 10.9. The van der Waals surface area contributed by atoms with Gasteiger partial charge in [0.2, 0.25) is 15.9 Å². The fourth-order valence-corrected chi connectivity index (χ4v) is 2.58. The average molecular weight is 294 g/mol. The van der Waals surface area contributed by atoms with Crippen molar-refractivity contribution >= 4 is 27.9 Å². The second-order valence-corrected chi connectivity index (χ2v) is 5.94. The minimum absolute atomic E-state index is 0.315. The summed E-state index contributed by atoms with van der Waals surface area (Å²) in [5.74, 6) is -2.86. The Hall–Kier alpha value is -1.68. The number of aliphatic carboxylic acids is 1. The lowest BCUT2D eigenvalue weighted by Crippen LogP contribution is -2.45. The lowest BCUT2D eigenvalue weighted by Gasteiger charge is -2.24. The molecule has 1 unspecified atom stereocenters. The Morgan fingerprint density at radius 3 is 2.53 bits per heavy atom. The van der Waals surface area contributed by atoms with Gasteiger partial charge in [-0.05, 0) is 0 Å². The van der Waals surface area contributed by atoms with Crippen LogP contribution in [0.1, 0.15) is 12.8 Å². The van der Waals surface area contributed by atoms with E-state index in [1.165, 1.54) is 0 Å². The van der Waals surface area contributed by atoms with Gasteiger partial charge in [-0.1, -0.05) is 0 Å². The number of methoxy groups -OCH3 is 1.